The normalized spacial score (nSPS) is 28.8. The van der Waals surface area contributed by atoms with Crippen LogP contribution in [0.15, 0.2) is 54.6 Å². The van der Waals surface area contributed by atoms with E-state index in [1.807, 2.05) is 30.3 Å². The highest BCUT2D eigenvalue weighted by atomic mass is 16.5. The highest BCUT2D eigenvalue weighted by molar-refractivity contribution is 6.32. The number of likely N-dealkylation sites (N-methyl/N-ethyl adjacent to an activating group) is 1. The number of rotatable bonds is 6. The first-order valence-corrected chi connectivity index (χ1v) is 16.1. The van der Waals surface area contributed by atoms with Crippen molar-refractivity contribution < 1.29 is 48.5 Å². The molecular weight excluding hydrogens is 648 g/mol. The summed E-state index contributed by atoms with van der Waals surface area (Å²) in [6.07, 6.45) is -1.69. The number of hydrogen-bond acceptors (Lipinski definition) is 11. The summed E-state index contributed by atoms with van der Waals surface area (Å²) in [6, 6.07) is 13.3. The number of nitrogens with zero attached hydrogens (tertiary/aromatic N) is 1. The molecule has 0 bridgehead atoms. The predicted molar refractivity (Wildman–Crippen MR) is 178 cm³/mol. The third kappa shape index (κ3) is 5.05. The molecule has 14 nitrogen and oxygen atoms in total. The molecule has 14 heteroatoms. The zero-order chi connectivity index (χ0) is 36.4. The van der Waals surface area contributed by atoms with Crippen LogP contribution in [0, 0.1) is 23.7 Å². The Kier molecular flexibility index (Phi) is 8.56. The molecule has 260 valence electrons. The van der Waals surface area contributed by atoms with E-state index in [4.69, 9.17) is 10.5 Å². The van der Waals surface area contributed by atoms with Crippen molar-refractivity contribution in [1.29, 1.82) is 0 Å². The Labute approximate surface area is 285 Å². The first-order valence-electron chi connectivity index (χ1n) is 16.1. The average Bonchev–Trinajstić information content (AvgIpc) is 3.06. The number of carbonyl (C=O) groups is 7. The molecule has 50 heavy (non-hydrogen) atoms. The number of nitrogens with two attached hydrogens (primary N) is 1. The SMILES string of the molecule is CCC(=O)O[C@H]1[C@H]2C(C(=O)c3c(ccc(NC(=O)Nc4cccc5ccccc45)c3O)[C@@H]2C)C(=O)[C@]2(O)C(=O)C(C(N)=O)C(=O)[C@@H](N(C)C)[C@H]12. The molecule has 0 radical (unpaired) electrons. The minimum Gasteiger partial charge on any atom is -0.505 e. The van der Waals surface area contributed by atoms with Crippen molar-refractivity contribution in [3.8, 4) is 5.75 Å². The summed E-state index contributed by atoms with van der Waals surface area (Å²) in [5, 5.41) is 30.5. The number of ketones is 4. The molecule has 0 spiro atoms. The number of Topliss-reactive ketones (excluding diaryl/α,β-unsaturated/α-hetero) is 4. The maximum absolute atomic E-state index is 14.4. The van der Waals surface area contributed by atoms with Crippen LogP contribution in [-0.2, 0) is 28.7 Å². The first kappa shape index (κ1) is 34.4. The summed E-state index contributed by atoms with van der Waals surface area (Å²) in [4.78, 5) is 95.9. The van der Waals surface area contributed by atoms with E-state index >= 15 is 0 Å². The molecule has 3 aliphatic carbocycles. The number of aliphatic hydroxyl groups is 1. The summed E-state index contributed by atoms with van der Waals surface area (Å²) in [7, 11) is 2.86. The number of aromatic hydroxyl groups is 1. The molecule has 0 aromatic heterocycles. The van der Waals surface area contributed by atoms with E-state index in [0.29, 0.717) is 5.69 Å². The number of amides is 3. The fourth-order valence-electron chi connectivity index (χ4n) is 8.05. The van der Waals surface area contributed by atoms with Gasteiger partial charge in [-0.15, -0.1) is 0 Å². The van der Waals surface area contributed by atoms with Crippen LogP contribution in [0.3, 0.4) is 0 Å². The summed E-state index contributed by atoms with van der Waals surface area (Å²) < 4.78 is 5.81. The minimum absolute atomic E-state index is 0.152. The van der Waals surface area contributed by atoms with E-state index in [0.717, 1.165) is 10.8 Å². The van der Waals surface area contributed by atoms with Crippen LogP contribution in [0.1, 0.15) is 42.1 Å². The second-order valence-electron chi connectivity index (χ2n) is 13.2. The van der Waals surface area contributed by atoms with Gasteiger partial charge in [-0.1, -0.05) is 56.3 Å². The summed E-state index contributed by atoms with van der Waals surface area (Å²) in [5.41, 5.74) is 2.50. The minimum atomic E-state index is -3.14. The van der Waals surface area contributed by atoms with Crippen molar-refractivity contribution >= 4 is 63.2 Å². The van der Waals surface area contributed by atoms with E-state index in [9.17, 15) is 43.8 Å². The van der Waals surface area contributed by atoms with Crippen LogP contribution in [0.5, 0.6) is 5.75 Å². The first-order chi connectivity index (χ1) is 23.6. The number of phenols is 1. The third-order valence-corrected chi connectivity index (χ3v) is 10.3. The van der Waals surface area contributed by atoms with Crippen molar-refractivity contribution in [3.63, 3.8) is 0 Å². The number of anilines is 2. The van der Waals surface area contributed by atoms with Gasteiger partial charge in [-0.2, -0.15) is 0 Å². The number of hydrogen-bond donors (Lipinski definition) is 5. The summed E-state index contributed by atoms with van der Waals surface area (Å²) in [5.74, 6) is -15.4. The Morgan fingerprint density at radius 2 is 1.60 bits per heavy atom. The number of primary amides is 1. The number of carbonyl (C=O) groups excluding carboxylic acids is 7. The van der Waals surface area contributed by atoms with Gasteiger partial charge in [0.25, 0.3) is 0 Å². The van der Waals surface area contributed by atoms with Crippen LogP contribution in [0.2, 0.25) is 0 Å². The molecular formula is C36H36N4O10. The van der Waals surface area contributed by atoms with Gasteiger partial charge < -0.3 is 31.3 Å². The number of esters is 1. The van der Waals surface area contributed by atoms with Gasteiger partial charge in [0.05, 0.1) is 34.8 Å². The third-order valence-electron chi connectivity index (χ3n) is 10.3. The van der Waals surface area contributed by atoms with Crippen LogP contribution < -0.4 is 16.4 Å². The molecule has 8 atom stereocenters. The molecule has 6 N–H and O–H groups in total. The zero-order valence-corrected chi connectivity index (χ0v) is 27.6. The molecule has 0 saturated heterocycles. The van der Waals surface area contributed by atoms with Crippen LogP contribution >= 0.6 is 0 Å². The maximum Gasteiger partial charge on any atom is 0.323 e. The Balaban J connectivity index is 1.43. The van der Waals surface area contributed by atoms with Crippen molar-refractivity contribution in [2.45, 2.75) is 43.9 Å². The fourth-order valence-corrected chi connectivity index (χ4v) is 8.05. The Morgan fingerprint density at radius 3 is 2.26 bits per heavy atom. The van der Waals surface area contributed by atoms with Crippen LogP contribution in [0.25, 0.3) is 10.8 Å². The molecule has 3 aromatic rings. The van der Waals surface area contributed by atoms with Gasteiger partial charge in [0.1, 0.15) is 11.9 Å². The van der Waals surface area contributed by atoms with Gasteiger partial charge in [-0.05, 0) is 43.1 Å². The largest absolute Gasteiger partial charge is 0.505 e. The zero-order valence-electron chi connectivity index (χ0n) is 27.6. The monoisotopic (exact) mass is 684 g/mol. The van der Waals surface area contributed by atoms with Crippen molar-refractivity contribution in [3.05, 3.63) is 65.7 Å². The highest BCUT2D eigenvalue weighted by Crippen LogP contribution is 2.56. The van der Waals surface area contributed by atoms with Crippen LogP contribution in [0.4, 0.5) is 16.2 Å². The number of ether oxygens (including phenoxy) is 1. The summed E-state index contributed by atoms with van der Waals surface area (Å²) >= 11 is 0. The van der Waals surface area contributed by atoms with Gasteiger partial charge >= 0.3 is 12.0 Å². The van der Waals surface area contributed by atoms with Crippen molar-refractivity contribution in [2.24, 2.45) is 29.4 Å². The maximum atomic E-state index is 14.4. The second-order valence-corrected chi connectivity index (χ2v) is 13.2. The highest BCUT2D eigenvalue weighted by Gasteiger charge is 2.74. The molecule has 2 fully saturated rings. The lowest BCUT2D eigenvalue weighted by Gasteiger charge is -2.56. The molecule has 6 rings (SSSR count). The lowest BCUT2D eigenvalue weighted by molar-refractivity contribution is -0.205. The molecule has 0 aliphatic heterocycles. The van der Waals surface area contributed by atoms with Crippen molar-refractivity contribution in [2.75, 3.05) is 24.7 Å². The van der Waals surface area contributed by atoms with E-state index in [-0.39, 0.29) is 23.2 Å². The van der Waals surface area contributed by atoms with Gasteiger partial charge in [0.2, 0.25) is 5.91 Å². The van der Waals surface area contributed by atoms with Crippen molar-refractivity contribution in [1.82, 2.24) is 4.90 Å². The predicted octanol–water partition coefficient (Wildman–Crippen LogP) is 2.16. The number of nitrogens with one attached hydrogen (secondary N) is 2. The van der Waals surface area contributed by atoms with Gasteiger partial charge in [0, 0.05) is 17.7 Å². The Morgan fingerprint density at radius 1 is 0.940 bits per heavy atom. The number of fused-ring (bicyclic) bond motifs is 4. The van der Waals surface area contributed by atoms with Gasteiger partial charge in [-0.3, -0.25) is 33.7 Å². The van der Waals surface area contributed by atoms with E-state index in [1.54, 1.807) is 19.1 Å². The fraction of sp³-hybridized carbons (Fsp3) is 0.361. The Bertz CT molecular complexity index is 2000. The average molecular weight is 685 g/mol. The standard InChI is InChI=1S/C36H36N4O10/c1-5-21(41)50-31-22-15(2)17-13-14-20(39-35(48)38-19-12-8-10-16-9-6-7-11-18(16)19)28(42)23(17)29(43)24(22)32(45)36(49)26(31)27(40(3)4)30(44)25(33(36)46)34(37)47/h6-15,22,24-27,31,42,49H,5H2,1-4H3,(H2,37,47)(H2,38,39,48)/t15-,22+,24?,25?,26+,27-,31-,36-/m0/s1. The molecule has 2 unspecified atom stereocenters. The quantitative estimate of drug-likeness (QED) is 0.144. The van der Waals surface area contributed by atoms with Gasteiger partial charge in [0.15, 0.2) is 34.7 Å². The molecule has 2 saturated carbocycles. The molecule has 3 amide bonds. The van der Waals surface area contributed by atoms with Gasteiger partial charge in [-0.25, -0.2) is 4.79 Å². The smallest absolute Gasteiger partial charge is 0.323 e. The Hall–Kier alpha value is -5.47. The van der Waals surface area contributed by atoms with E-state index in [2.05, 4.69) is 10.6 Å². The lowest BCUT2D eigenvalue weighted by atomic mass is 9.49. The topological polar surface area (TPSA) is 222 Å². The number of urea groups is 1. The number of benzene rings is 3. The lowest BCUT2D eigenvalue weighted by Crippen LogP contribution is -2.78. The van der Waals surface area contributed by atoms with E-state index < -0.39 is 94.1 Å². The molecule has 0 heterocycles. The molecule has 3 aliphatic rings. The molecule has 3 aromatic carbocycles. The number of phenolic OH excluding ortho intramolecular Hbond substituents is 1. The van der Waals surface area contributed by atoms with Crippen LogP contribution in [-0.4, -0.2) is 88.0 Å². The van der Waals surface area contributed by atoms with E-state index in [1.165, 1.54) is 38.1 Å². The second kappa shape index (κ2) is 12.4. The summed E-state index contributed by atoms with van der Waals surface area (Å²) in [6.45, 7) is 3.12.